The molecule has 2 unspecified atom stereocenters. The van der Waals surface area contributed by atoms with Crippen molar-refractivity contribution in [2.45, 2.75) is 77.8 Å². The highest BCUT2D eigenvalue weighted by molar-refractivity contribution is 4.94. The summed E-state index contributed by atoms with van der Waals surface area (Å²) in [6.07, 6.45) is 7.96. The number of hydrogen-bond acceptors (Lipinski definition) is 2. The summed E-state index contributed by atoms with van der Waals surface area (Å²) >= 11 is 0. The molecule has 0 aromatic rings. The van der Waals surface area contributed by atoms with Crippen LogP contribution in [0.25, 0.3) is 0 Å². The van der Waals surface area contributed by atoms with Gasteiger partial charge >= 0.3 is 0 Å². The van der Waals surface area contributed by atoms with Gasteiger partial charge in [0, 0.05) is 18.1 Å². The Balaban J connectivity index is 2.67. The maximum absolute atomic E-state index is 6.11. The van der Waals surface area contributed by atoms with Crippen LogP contribution in [0.2, 0.25) is 0 Å². The highest BCUT2D eigenvalue weighted by atomic mass is 15.2. The number of rotatable bonds is 9. The van der Waals surface area contributed by atoms with Crippen LogP contribution in [-0.2, 0) is 0 Å². The van der Waals surface area contributed by atoms with Gasteiger partial charge in [0.25, 0.3) is 0 Å². The highest BCUT2D eigenvalue weighted by Gasteiger charge is 2.38. The lowest BCUT2D eigenvalue weighted by Gasteiger charge is -2.45. The smallest absolute Gasteiger partial charge is 0.0309 e. The van der Waals surface area contributed by atoms with Crippen LogP contribution in [0.15, 0.2) is 0 Å². The lowest BCUT2D eigenvalue weighted by Crippen LogP contribution is -2.55. The number of unbranched alkanes of at least 4 members (excludes halogenated alkanes) is 1. The normalized spacial score (nSPS) is 21.5. The molecular weight excluding hydrogens is 208 g/mol. The van der Waals surface area contributed by atoms with Crippen molar-refractivity contribution in [2.24, 2.45) is 11.7 Å². The Morgan fingerprint density at radius 1 is 1.35 bits per heavy atom. The lowest BCUT2D eigenvalue weighted by atomic mass is 9.90. The van der Waals surface area contributed by atoms with E-state index in [-0.39, 0.29) is 5.54 Å². The summed E-state index contributed by atoms with van der Waals surface area (Å²) in [5.41, 5.74) is 6.33. The summed E-state index contributed by atoms with van der Waals surface area (Å²) in [5, 5.41) is 0. The van der Waals surface area contributed by atoms with Crippen LogP contribution in [0.5, 0.6) is 0 Å². The van der Waals surface area contributed by atoms with Crippen molar-refractivity contribution in [3.63, 3.8) is 0 Å². The minimum absolute atomic E-state index is 0.228. The molecule has 17 heavy (non-hydrogen) atoms. The first kappa shape index (κ1) is 15.0. The maximum atomic E-state index is 6.11. The van der Waals surface area contributed by atoms with Crippen molar-refractivity contribution in [2.75, 3.05) is 13.1 Å². The Kier molecular flexibility index (Phi) is 5.94. The van der Waals surface area contributed by atoms with Gasteiger partial charge in [-0.05, 0) is 45.6 Å². The van der Waals surface area contributed by atoms with E-state index in [2.05, 4.69) is 32.6 Å². The zero-order valence-corrected chi connectivity index (χ0v) is 12.3. The van der Waals surface area contributed by atoms with E-state index in [1.165, 1.54) is 45.1 Å². The molecule has 0 amide bonds. The standard InChI is InChI=1S/C15H32N2/c1-5-7-10-17(13(3)6-2)15(4,12-16)11-14-8-9-14/h13-14H,5-12,16H2,1-4H3. The molecule has 0 radical (unpaired) electrons. The average Bonchev–Trinajstić information content (AvgIpc) is 3.12. The van der Waals surface area contributed by atoms with Crippen molar-refractivity contribution in [3.05, 3.63) is 0 Å². The van der Waals surface area contributed by atoms with Crippen LogP contribution in [-0.4, -0.2) is 29.6 Å². The fourth-order valence-electron chi connectivity index (χ4n) is 2.83. The van der Waals surface area contributed by atoms with Gasteiger partial charge < -0.3 is 5.73 Å². The summed E-state index contributed by atoms with van der Waals surface area (Å²) in [6, 6.07) is 0.661. The molecule has 2 atom stereocenters. The van der Waals surface area contributed by atoms with Crippen LogP contribution < -0.4 is 5.73 Å². The third-order valence-corrected chi connectivity index (χ3v) is 4.43. The Morgan fingerprint density at radius 2 is 2.00 bits per heavy atom. The third kappa shape index (κ3) is 4.26. The molecule has 0 aromatic carbocycles. The van der Waals surface area contributed by atoms with E-state index in [0.717, 1.165) is 12.5 Å². The van der Waals surface area contributed by atoms with Gasteiger partial charge in [-0.25, -0.2) is 0 Å². The second-order valence-corrected chi connectivity index (χ2v) is 6.15. The van der Waals surface area contributed by atoms with Crippen molar-refractivity contribution in [1.82, 2.24) is 4.90 Å². The van der Waals surface area contributed by atoms with Gasteiger partial charge in [0.1, 0.15) is 0 Å². The molecule has 0 heterocycles. The second kappa shape index (κ2) is 6.75. The first-order chi connectivity index (χ1) is 8.07. The van der Waals surface area contributed by atoms with Crippen molar-refractivity contribution in [1.29, 1.82) is 0 Å². The molecule has 2 N–H and O–H groups in total. The van der Waals surface area contributed by atoms with Gasteiger partial charge in [0.15, 0.2) is 0 Å². The topological polar surface area (TPSA) is 29.3 Å². The molecule has 0 aliphatic heterocycles. The molecule has 1 saturated carbocycles. The van der Waals surface area contributed by atoms with Crippen LogP contribution in [0.3, 0.4) is 0 Å². The van der Waals surface area contributed by atoms with E-state index in [1.807, 2.05) is 0 Å². The van der Waals surface area contributed by atoms with Gasteiger partial charge in [0.2, 0.25) is 0 Å². The molecule has 1 fully saturated rings. The zero-order valence-electron chi connectivity index (χ0n) is 12.3. The minimum atomic E-state index is 0.228. The van der Waals surface area contributed by atoms with E-state index in [4.69, 9.17) is 5.73 Å². The number of nitrogens with zero attached hydrogens (tertiary/aromatic N) is 1. The second-order valence-electron chi connectivity index (χ2n) is 6.15. The fourth-order valence-corrected chi connectivity index (χ4v) is 2.83. The molecule has 0 saturated heterocycles. The number of hydrogen-bond donors (Lipinski definition) is 1. The Hall–Kier alpha value is -0.0800. The minimum Gasteiger partial charge on any atom is -0.329 e. The Labute approximate surface area is 108 Å². The van der Waals surface area contributed by atoms with E-state index >= 15 is 0 Å². The lowest BCUT2D eigenvalue weighted by molar-refractivity contribution is 0.0532. The summed E-state index contributed by atoms with van der Waals surface area (Å²) in [4.78, 5) is 2.69. The quantitative estimate of drug-likeness (QED) is 0.669. The van der Waals surface area contributed by atoms with E-state index in [0.29, 0.717) is 6.04 Å². The van der Waals surface area contributed by atoms with E-state index in [1.54, 1.807) is 0 Å². The van der Waals surface area contributed by atoms with Gasteiger partial charge in [-0.1, -0.05) is 33.1 Å². The molecule has 0 bridgehead atoms. The molecule has 2 nitrogen and oxygen atoms in total. The van der Waals surface area contributed by atoms with Gasteiger partial charge in [-0.3, -0.25) is 4.90 Å². The monoisotopic (exact) mass is 240 g/mol. The molecule has 0 spiro atoms. The van der Waals surface area contributed by atoms with Crippen molar-refractivity contribution in [3.8, 4) is 0 Å². The highest BCUT2D eigenvalue weighted by Crippen LogP contribution is 2.39. The molecule has 102 valence electrons. The Bertz CT molecular complexity index is 213. The summed E-state index contributed by atoms with van der Waals surface area (Å²) in [5.74, 6) is 0.955. The van der Waals surface area contributed by atoms with Crippen molar-refractivity contribution >= 4 is 0 Å². The maximum Gasteiger partial charge on any atom is 0.0309 e. The zero-order chi connectivity index (χ0) is 12.9. The predicted octanol–water partition coefficient (Wildman–Crippen LogP) is 3.40. The molecule has 1 rings (SSSR count). The Morgan fingerprint density at radius 3 is 2.41 bits per heavy atom. The van der Waals surface area contributed by atoms with Crippen LogP contribution >= 0.6 is 0 Å². The van der Waals surface area contributed by atoms with Crippen LogP contribution in [0.4, 0.5) is 0 Å². The molecule has 1 aliphatic carbocycles. The van der Waals surface area contributed by atoms with Crippen LogP contribution in [0, 0.1) is 5.92 Å². The average molecular weight is 240 g/mol. The van der Waals surface area contributed by atoms with Crippen LogP contribution in [0.1, 0.15) is 66.2 Å². The fraction of sp³-hybridized carbons (Fsp3) is 1.00. The van der Waals surface area contributed by atoms with Gasteiger partial charge in [0.05, 0.1) is 0 Å². The first-order valence-electron chi connectivity index (χ1n) is 7.54. The van der Waals surface area contributed by atoms with E-state index in [9.17, 15) is 0 Å². The predicted molar refractivity (Wildman–Crippen MR) is 76.2 cm³/mol. The summed E-state index contributed by atoms with van der Waals surface area (Å²) in [6.45, 7) is 11.3. The molecule has 1 aliphatic rings. The third-order valence-electron chi connectivity index (χ3n) is 4.43. The molecular formula is C15H32N2. The SMILES string of the molecule is CCCCN(C(C)CC)C(C)(CN)CC1CC1. The first-order valence-corrected chi connectivity index (χ1v) is 7.54. The number of nitrogens with two attached hydrogens (primary N) is 1. The summed E-state index contributed by atoms with van der Waals surface area (Å²) < 4.78 is 0. The molecule has 0 aromatic heterocycles. The van der Waals surface area contributed by atoms with Crippen molar-refractivity contribution < 1.29 is 0 Å². The summed E-state index contributed by atoms with van der Waals surface area (Å²) in [7, 11) is 0. The largest absolute Gasteiger partial charge is 0.329 e. The van der Waals surface area contributed by atoms with E-state index < -0.39 is 0 Å². The van der Waals surface area contributed by atoms with Gasteiger partial charge in [-0.15, -0.1) is 0 Å². The molecule has 2 heteroatoms. The van der Waals surface area contributed by atoms with Gasteiger partial charge in [-0.2, -0.15) is 0 Å².